The van der Waals surface area contributed by atoms with Crippen molar-refractivity contribution in [2.75, 3.05) is 0 Å². The number of nitrogens with one attached hydrogen (secondary N) is 1. The van der Waals surface area contributed by atoms with E-state index in [-0.39, 0.29) is 16.0 Å². The molecule has 0 fully saturated rings. The molecule has 18 heavy (non-hydrogen) atoms. The van der Waals surface area contributed by atoms with Crippen molar-refractivity contribution >= 4 is 16.3 Å². The van der Waals surface area contributed by atoms with E-state index in [1.165, 1.54) is 0 Å². The van der Waals surface area contributed by atoms with Gasteiger partial charge in [-0.05, 0) is 19.4 Å². The monoisotopic (exact) mass is 267 g/mol. The summed E-state index contributed by atoms with van der Waals surface area (Å²) in [5, 5.41) is 15.7. The lowest BCUT2D eigenvalue weighted by atomic mass is 10.3. The van der Waals surface area contributed by atoms with Gasteiger partial charge in [-0.2, -0.15) is 0 Å². The van der Waals surface area contributed by atoms with E-state index in [4.69, 9.17) is 4.42 Å². The first-order valence-electron chi connectivity index (χ1n) is 5.44. The Balaban J connectivity index is 1.92. The van der Waals surface area contributed by atoms with Crippen LogP contribution in [0.1, 0.15) is 30.2 Å². The molecule has 1 unspecified atom stereocenters. The standard InChI is InChI=1S/C11H13N3O3S/c1-7-4-13-11(17-7)8(2)12-5-9-3-10(14(15)16)18-6-9/h3-4,6,8,12H,5H2,1-2H3. The second-order valence-corrected chi connectivity index (χ2v) is 4.85. The number of oxazole rings is 1. The summed E-state index contributed by atoms with van der Waals surface area (Å²) >= 11 is 1.13. The summed E-state index contributed by atoms with van der Waals surface area (Å²) in [4.78, 5) is 14.3. The Kier molecular flexibility index (Phi) is 3.73. The normalized spacial score (nSPS) is 12.6. The highest BCUT2D eigenvalue weighted by Gasteiger charge is 2.13. The fourth-order valence-electron chi connectivity index (χ4n) is 1.48. The minimum absolute atomic E-state index is 0.0299. The quantitative estimate of drug-likeness (QED) is 0.665. The zero-order valence-corrected chi connectivity index (χ0v) is 10.9. The van der Waals surface area contributed by atoms with Gasteiger partial charge in [0.25, 0.3) is 0 Å². The third-order valence-corrected chi connectivity index (χ3v) is 3.37. The van der Waals surface area contributed by atoms with Gasteiger partial charge >= 0.3 is 5.00 Å². The van der Waals surface area contributed by atoms with E-state index in [0.29, 0.717) is 12.4 Å². The van der Waals surface area contributed by atoms with Crippen LogP contribution in [0.4, 0.5) is 5.00 Å². The number of rotatable bonds is 5. The first kappa shape index (κ1) is 12.7. The Hall–Kier alpha value is -1.73. The van der Waals surface area contributed by atoms with E-state index >= 15 is 0 Å². The molecule has 0 saturated carbocycles. The molecule has 2 heterocycles. The summed E-state index contributed by atoms with van der Waals surface area (Å²) in [6, 6.07) is 1.54. The molecule has 0 aromatic carbocycles. The maximum atomic E-state index is 10.5. The summed E-state index contributed by atoms with van der Waals surface area (Å²) in [6.07, 6.45) is 1.67. The van der Waals surface area contributed by atoms with Crippen molar-refractivity contribution in [3.63, 3.8) is 0 Å². The highest BCUT2D eigenvalue weighted by Crippen LogP contribution is 2.23. The minimum Gasteiger partial charge on any atom is -0.444 e. The average Bonchev–Trinajstić information content (AvgIpc) is 2.94. The number of nitrogens with zero attached hydrogens (tertiary/aromatic N) is 2. The lowest BCUT2D eigenvalue weighted by molar-refractivity contribution is -0.380. The zero-order valence-electron chi connectivity index (χ0n) is 10.0. The lowest BCUT2D eigenvalue weighted by Crippen LogP contribution is -2.17. The second-order valence-electron chi connectivity index (χ2n) is 3.96. The maximum absolute atomic E-state index is 10.5. The van der Waals surface area contributed by atoms with Crippen LogP contribution in [-0.4, -0.2) is 9.91 Å². The van der Waals surface area contributed by atoms with Crippen LogP contribution < -0.4 is 5.32 Å². The Bertz CT molecular complexity index is 549. The molecule has 1 N–H and O–H groups in total. The van der Waals surface area contributed by atoms with Crippen LogP contribution in [-0.2, 0) is 6.54 Å². The van der Waals surface area contributed by atoms with Gasteiger partial charge < -0.3 is 9.73 Å². The van der Waals surface area contributed by atoms with Crippen molar-refractivity contribution in [1.82, 2.24) is 10.3 Å². The smallest absolute Gasteiger partial charge is 0.324 e. The molecule has 0 aliphatic rings. The topological polar surface area (TPSA) is 81.2 Å². The summed E-state index contributed by atoms with van der Waals surface area (Å²) in [5.74, 6) is 1.39. The van der Waals surface area contributed by atoms with Gasteiger partial charge in [-0.3, -0.25) is 10.1 Å². The maximum Gasteiger partial charge on any atom is 0.324 e. The highest BCUT2D eigenvalue weighted by atomic mass is 32.1. The molecule has 2 aromatic heterocycles. The number of hydrogen-bond donors (Lipinski definition) is 1. The second kappa shape index (κ2) is 5.28. The van der Waals surface area contributed by atoms with Crippen molar-refractivity contribution in [3.8, 4) is 0 Å². The Morgan fingerprint density at radius 2 is 2.44 bits per heavy atom. The minimum atomic E-state index is -0.380. The predicted molar refractivity (Wildman–Crippen MR) is 67.5 cm³/mol. The number of thiophene rings is 1. The largest absolute Gasteiger partial charge is 0.444 e. The highest BCUT2D eigenvalue weighted by molar-refractivity contribution is 7.13. The average molecular weight is 267 g/mol. The first-order chi connectivity index (χ1) is 8.56. The van der Waals surface area contributed by atoms with E-state index in [1.807, 2.05) is 13.8 Å². The third kappa shape index (κ3) is 2.93. The van der Waals surface area contributed by atoms with Crippen molar-refractivity contribution < 1.29 is 9.34 Å². The molecule has 2 rings (SSSR count). The van der Waals surface area contributed by atoms with Crippen molar-refractivity contribution in [1.29, 1.82) is 0 Å². The third-order valence-electron chi connectivity index (χ3n) is 2.44. The molecule has 0 bridgehead atoms. The molecule has 0 saturated heterocycles. The summed E-state index contributed by atoms with van der Waals surface area (Å²) in [7, 11) is 0. The molecule has 0 aliphatic carbocycles. The molecule has 96 valence electrons. The predicted octanol–water partition coefficient (Wildman–Crippen LogP) is 2.80. The molecule has 1 atom stereocenters. The van der Waals surface area contributed by atoms with E-state index in [0.717, 1.165) is 22.7 Å². The molecule has 0 radical (unpaired) electrons. The number of nitro groups is 1. The molecule has 0 spiro atoms. The fraction of sp³-hybridized carbons (Fsp3) is 0.364. The van der Waals surface area contributed by atoms with Gasteiger partial charge in [-0.1, -0.05) is 11.3 Å². The van der Waals surface area contributed by atoms with Crippen molar-refractivity contribution in [2.24, 2.45) is 0 Å². The van der Waals surface area contributed by atoms with E-state index in [1.54, 1.807) is 17.6 Å². The van der Waals surface area contributed by atoms with Crippen LogP contribution in [0, 0.1) is 17.0 Å². The van der Waals surface area contributed by atoms with E-state index in [9.17, 15) is 10.1 Å². The van der Waals surface area contributed by atoms with Crippen LogP contribution in [0.3, 0.4) is 0 Å². The van der Waals surface area contributed by atoms with Crippen LogP contribution in [0.15, 0.2) is 22.1 Å². The molecular weight excluding hydrogens is 254 g/mol. The van der Waals surface area contributed by atoms with Crippen LogP contribution in [0.5, 0.6) is 0 Å². The van der Waals surface area contributed by atoms with Gasteiger partial charge in [0.05, 0.1) is 17.2 Å². The zero-order chi connectivity index (χ0) is 13.1. The molecule has 7 heteroatoms. The van der Waals surface area contributed by atoms with Crippen LogP contribution in [0.25, 0.3) is 0 Å². The lowest BCUT2D eigenvalue weighted by Gasteiger charge is -2.08. The van der Waals surface area contributed by atoms with E-state index < -0.39 is 0 Å². The van der Waals surface area contributed by atoms with Crippen LogP contribution >= 0.6 is 11.3 Å². The van der Waals surface area contributed by atoms with Crippen molar-refractivity contribution in [3.05, 3.63) is 45.0 Å². The first-order valence-corrected chi connectivity index (χ1v) is 6.31. The molecule has 0 aliphatic heterocycles. The van der Waals surface area contributed by atoms with E-state index in [2.05, 4.69) is 10.3 Å². The summed E-state index contributed by atoms with van der Waals surface area (Å²) in [6.45, 7) is 4.32. The SMILES string of the molecule is Cc1cnc(C(C)NCc2csc([N+](=O)[O-])c2)o1. The number of hydrogen-bond acceptors (Lipinski definition) is 6. The Morgan fingerprint density at radius 3 is 3.00 bits per heavy atom. The molecule has 0 amide bonds. The summed E-state index contributed by atoms with van der Waals surface area (Å²) < 4.78 is 5.40. The summed E-state index contributed by atoms with van der Waals surface area (Å²) in [5.41, 5.74) is 0.891. The van der Waals surface area contributed by atoms with Gasteiger partial charge in [0, 0.05) is 18.0 Å². The van der Waals surface area contributed by atoms with Gasteiger partial charge in [0.15, 0.2) is 0 Å². The van der Waals surface area contributed by atoms with Crippen LogP contribution in [0.2, 0.25) is 0 Å². The molecular formula is C11H13N3O3S. The molecule has 2 aromatic rings. The van der Waals surface area contributed by atoms with Gasteiger partial charge in [0.2, 0.25) is 5.89 Å². The molecule has 6 nitrogen and oxygen atoms in total. The van der Waals surface area contributed by atoms with Gasteiger partial charge in [0.1, 0.15) is 5.76 Å². The number of aryl methyl sites for hydroxylation is 1. The fourth-order valence-corrected chi connectivity index (χ4v) is 2.21. The Morgan fingerprint density at radius 1 is 1.67 bits per heavy atom. The van der Waals surface area contributed by atoms with Gasteiger partial charge in [-0.25, -0.2) is 4.98 Å². The van der Waals surface area contributed by atoms with Crippen molar-refractivity contribution in [2.45, 2.75) is 26.4 Å². The Labute approximate surface area is 108 Å². The number of aromatic nitrogens is 1. The van der Waals surface area contributed by atoms with Gasteiger partial charge in [-0.15, -0.1) is 0 Å².